The highest BCUT2D eigenvalue weighted by atomic mass is 19.1. The van der Waals surface area contributed by atoms with E-state index in [0.717, 1.165) is 10.9 Å². The first-order chi connectivity index (χ1) is 11.1. The van der Waals surface area contributed by atoms with Crippen LogP contribution >= 0.6 is 0 Å². The molecule has 23 heavy (non-hydrogen) atoms. The average molecular weight is 311 g/mol. The molecule has 2 aromatic carbocycles. The van der Waals surface area contributed by atoms with Crippen LogP contribution in [-0.2, 0) is 17.9 Å². The second-order valence-corrected chi connectivity index (χ2v) is 5.55. The molecule has 0 atom stereocenters. The number of hydrogen-bond donors (Lipinski definition) is 1. The number of hydrogen-bond acceptors (Lipinski definition) is 2. The molecule has 0 fully saturated rings. The summed E-state index contributed by atoms with van der Waals surface area (Å²) in [5, 5.41) is 8.12. The van der Waals surface area contributed by atoms with Gasteiger partial charge in [0, 0.05) is 23.9 Å². The van der Waals surface area contributed by atoms with Gasteiger partial charge in [0.15, 0.2) is 0 Å². The number of aromatic nitrogens is 2. The Morgan fingerprint density at radius 3 is 2.91 bits per heavy atom. The van der Waals surface area contributed by atoms with E-state index in [1.54, 1.807) is 24.4 Å². The van der Waals surface area contributed by atoms with Crippen molar-refractivity contribution in [3.8, 4) is 0 Å². The Bertz CT molecular complexity index is 841. The van der Waals surface area contributed by atoms with Gasteiger partial charge in [0.2, 0.25) is 5.91 Å². The van der Waals surface area contributed by atoms with Crippen LogP contribution in [0, 0.1) is 12.7 Å². The molecule has 4 nitrogen and oxygen atoms in total. The molecule has 1 aromatic heterocycles. The van der Waals surface area contributed by atoms with E-state index in [-0.39, 0.29) is 18.3 Å². The van der Waals surface area contributed by atoms with Crippen molar-refractivity contribution >= 4 is 16.8 Å². The fraction of sp³-hybridized carbons (Fsp3) is 0.222. The predicted octanol–water partition coefficient (Wildman–Crippen LogP) is 3.19. The van der Waals surface area contributed by atoms with E-state index in [0.29, 0.717) is 18.5 Å². The lowest BCUT2D eigenvalue weighted by Crippen LogP contribution is -2.24. The van der Waals surface area contributed by atoms with E-state index >= 15 is 0 Å². The van der Waals surface area contributed by atoms with Gasteiger partial charge in [-0.25, -0.2) is 4.39 Å². The highest BCUT2D eigenvalue weighted by molar-refractivity contribution is 5.80. The summed E-state index contributed by atoms with van der Waals surface area (Å²) in [6.45, 7) is 2.73. The van der Waals surface area contributed by atoms with Gasteiger partial charge in [0.05, 0.1) is 18.3 Å². The van der Waals surface area contributed by atoms with Crippen molar-refractivity contribution in [3.05, 3.63) is 65.6 Å². The molecule has 0 bridgehead atoms. The zero-order chi connectivity index (χ0) is 16.2. The molecular formula is C18H18FN3O. The Morgan fingerprint density at radius 1 is 1.26 bits per heavy atom. The summed E-state index contributed by atoms with van der Waals surface area (Å²) in [6, 6.07) is 12.5. The molecule has 0 aliphatic heterocycles. The number of benzene rings is 2. The number of carbonyl (C=O) groups excluding carboxylic acids is 1. The number of fused-ring (bicyclic) bond motifs is 1. The number of nitrogens with zero attached hydrogens (tertiary/aromatic N) is 2. The van der Waals surface area contributed by atoms with Crippen LogP contribution in [0.1, 0.15) is 17.5 Å². The summed E-state index contributed by atoms with van der Waals surface area (Å²) in [5.41, 5.74) is 2.68. The van der Waals surface area contributed by atoms with Crippen LogP contribution in [-0.4, -0.2) is 15.7 Å². The molecule has 0 spiro atoms. The monoisotopic (exact) mass is 311 g/mol. The van der Waals surface area contributed by atoms with Crippen molar-refractivity contribution in [1.82, 2.24) is 15.1 Å². The van der Waals surface area contributed by atoms with Crippen molar-refractivity contribution in [3.63, 3.8) is 0 Å². The Balaban J connectivity index is 1.57. The molecule has 0 unspecified atom stereocenters. The number of halogens is 1. The number of nitrogens with one attached hydrogen (secondary N) is 1. The second kappa shape index (κ2) is 6.60. The maximum Gasteiger partial charge on any atom is 0.222 e. The van der Waals surface area contributed by atoms with Gasteiger partial charge in [-0.15, -0.1) is 0 Å². The molecule has 1 amide bonds. The summed E-state index contributed by atoms with van der Waals surface area (Å²) < 4.78 is 15.3. The van der Waals surface area contributed by atoms with Crippen LogP contribution < -0.4 is 5.32 Å². The highest BCUT2D eigenvalue weighted by Crippen LogP contribution is 2.15. The number of rotatable bonds is 5. The van der Waals surface area contributed by atoms with Crippen LogP contribution in [0.5, 0.6) is 0 Å². The van der Waals surface area contributed by atoms with Crippen LogP contribution in [0.3, 0.4) is 0 Å². The summed E-state index contributed by atoms with van der Waals surface area (Å²) in [5.74, 6) is -0.426. The van der Waals surface area contributed by atoms with Crippen molar-refractivity contribution < 1.29 is 9.18 Å². The molecule has 118 valence electrons. The third kappa shape index (κ3) is 3.56. The van der Waals surface area contributed by atoms with Gasteiger partial charge < -0.3 is 5.32 Å². The standard InChI is InChI=1S/C18H18FN3O/c1-13-6-7-17-15(10-13)12-21-22(17)9-8-18(23)20-11-14-4-2-3-5-16(14)19/h2-7,10,12H,8-9,11H2,1H3,(H,20,23). The fourth-order valence-electron chi connectivity index (χ4n) is 2.52. The van der Waals surface area contributed by atoms with Gasteiger partial charge in [-0.2, -0.15) is 5.10 Å². The number of aryl methyl sites for hydroxylation is 2. The molecule has 0 radical (unpaired) electrons. The number of carbonyl (C=O) groups is 1. The zero-order valence-corrected chi connectivity index (χ0v) is 12.9. The van der Waals surface area contributed by atoms with Gasteiger partial charge in [0.25, 0.3) is 0 Å². The van der Waals surface area contributed by atoms with Gasteiger partial charge >= 0.3 is 0 Å². The molecule has 1 N–H and O–H groups in total. The van der Waals surface area contributed by atoms with Crippen molar-refractivity contribution in [2.75, 3.05) is 0 Å². The van der Waals surface area contributed by atoms with Gasteiger partial charge in [-0.3, -0.25) is 9.48 Å². The molecule has 0 aliphatic carbocycles. The van der Waals surface area contributed by atoms with Crippen molar-refractivity contribution in [1.29, 1.82) is 0 Å². The lowest BCUT2D eigenvalue weighted by Gasteiger charge is -2.07. The first-order valence-electron chi connectivity index (χ1n) is 7.56. The summed E-state index contributed by atoms with van der Waals surface area (Å²) in [7, 11) is 0. The fourth-order valence-corrected chi connectivity index (χ4v) is 2.52. The molecule has 0 saturated carbocycles. The first kappa shape index (κ1) is 15.2. The lowest BCUT2D eigenvalue weighted by molar-refractivity contribution is -0.121. The Labute approximate surface area is 133 Å². The summed E-state index contributed by atoms with van der Waals surface area (Å²) in [6.07, 6.45) is 2.11. The predicted molar refractivity (Wildman–Crippen MR) is 87.3 cm³/mol. The van der Waals surface area contributed by atoms with Crippen LogP contribution in [0.25, 0.3) is 10.9 Å². The Morgan fingerprint density at radius 2 is 2.09 bits per heavy atom. The van der Waals surface area contributed by atoms with Crippen LogP contribution in [0.2, 0.25) is 0 Å². The van der Waals surface area contributed by atoms with Crippen molar-refractivity contribution in [2.45, 2.75) is 26.4 Å². The van der Waals surface area contributed by atoms with Gasteiger partial charge in [0.1, 0.15) is 5.82 Å². The maximum atomic E-state index is 13.5. The summed E-state index contributed by atoms with van der Waals surface area (Å²) in [4.78, 5) is 11.9. The molecule has 0 aliphatic rings. The van der Waals surface area contributed by atoms with E-state index in [1.165, 1.54) is 11.6 Å². The lowest BCUT2D eigenvalue weighted by atomic mass is 10.2. The maximum absolute atomic E-state index is 13.5. The summed E-state index contributed by atoms with van der Waals surface area (Å²) >= 11 is 0. The minimum absolute atomic E-state index is 0.121. The molecule has 1 heterocycles. The largest absolute Gasteiger partial charge is 0.352 e. The third-order valence-electron chi connectivity index (χ3n) is 3.78. The van der Waals surface area contributed by atoms with E-state index < -0.39 is 0 Å². The van der Waals surface area contributed by atoms with Crippen molar-refractivity contribution in [2.24, 2.45) is 0 Å². The van der Waals surface area contributed by atoms with Crippen LogP contribution in [0.15, 0.2) is 48.7 Å². The SMILES string of the molecule is Cc1ccc2c(cnn2CCC(=O)NCc2ccccc2F)c1. The van der Waals surface area contributed by atoms with E-state index in [1.807, 2.05) is 23.7 Å². The minimum Gasteiger partial charge on any atom is -0.352 e. The average Bonchev–Trinajstić information content (AvgIpc) is 2.94. The first-order valence-corrected chi connectivity index (χ1v) is 7.56. The Kier molecular flexibility index (Phi) is 4.37. The van der Waals surface area contributed by atoms with E-state index in [9.17, 15) is 9.18 Å². The van der Waals surface area contributed by atoms with Gasteiger partial charge in [-0.05, 0) is 25.1 Å². The normalized spacial score (nSPS) is 10.9. The Hall–Kier alpha value is -2.69. The molecular weight excluding hydrogens is 293 g/mol. The minimum atomic E-state index is -0.304. The second-order valence-electron chi connectivity index (χ2n) is 5.55. The molecule has 3 aromatic rings. The van der Waals surface area contributed by atoms with E-state index in [4.69, 9.17) is 0 Å². The molecule has 3 rings (SSSR count). The topological polar surface area (TPSA) is 46.9 Å². The van der Waals surface area contributed by atoms with Gasteiger partial charge in [-0.1, -0.05) is 29.8 Å². The molecule has 5 heteroatoms. The highest BCUT2D eigenvalue weighted by Gasteiger charge is 2.07. The quantitative estimate of drug-likeness (QED) is 0.786. The zero-order valence-electron chi connectivity index (χ0n) is 12.9. The molecule has 0 saturated heterocycles. The third-order valence-corrected chi connectivity index (χ3v) is 3.78. The van der Waals surface area contributed by atoms with Crippen LogP contribution in [0.4, 0.5) is 4.39 Å². The smallest absolute Gasteiger partial charge is 0.222 e. The van der Waals surface area contributed by atoms with E-state index in [2.05, 4.69) is 16.5 Å². The number of amides is 1.